The molecule has 0 spiro atoms. The van der Waals surface area contributed by atoms with Gasteiger partial charge in [0.1, 0.15) is 10.6 Å². The fourth-order valence-electron chi connectivity index (χ4n) is 3.87. The van der Waals surface area contributed by atoms with Gasteiger partial charge in [0.15, 0.2) is 11.5 Å². The molecule has 0 saturated carbocycles. The minimum atomic E-state index is -3.59. The van der Waals surface area contributed by atoms with E-state index >= 15 is 0 Å². The molecular formula is C23H33ClN2O5S. The lowest BCUT2D eigenvalue weighted by molar-refractivity contribution is 0.248. The molecular weight excluding hydrogens is 452 g/mol. The van der Waals surface area contributed by atoms with Crippen LogP contribution in [0.2, 0.25) is 0 Å². The summed E-state index contributed by atoms with van der Waals surface area (Å²) in [4.78, 5) is 2.57. The maximum atomic E-state index is 12.6. The van der Waals surface area contributed by atoms with Gasteiger partial charge in [0.05, 0.1) is 21.3 Å². The first-order chi connectivity index (χ1) is 14.9. The largest absolute Gasteiger partial charge is 0.495 e. The molecule has 0 unspecified atom stereocenters. The number of aryl methyl sites for hydroxylation is 1. The summed E-state index contributed by atoms with van der Waals surface area (Å²) in [7, 11) is 1.19. The zero-order valence-electron chi connectivity index (χ0n) is 19.1. The van der Waals surface area contributed by atoms with E-state index < -0.39 is 10.0 Å². The standard InChI is InChI=1S/C23H32N2O5S.ClH/c1-17-7-8-23(22(13-17)30-4)31(26,27)24-10-5-6-11-25-12-9-18-14-20(28-2)21(29-3)15-19(18)16-25;/h7-8,13-15,24H,5-6,9-12,16H2,1-4H3;1H. The van der Waals surface area contributed by atoms with Gasteiger partial charge in [-0.15, -0.1) is 12.4 Å². The van der Waals surface area contributed by atoms with Crippen LogP contribution in [0.25, 0.3) is 0 Å². The van der Waals surface area contributed by atoms with Gasteiger partial charge in [-0.2, -0.15) is 0 Å². The molecule has 3 rings (SSSR count). The van der Waals surface area contributed by atoms with Crippen LogP contribution in [0.3, 0.4) is 0 Å². The Balaban J connectivity index is 0.00000363. The van der Waals surface area contributed by atoms with Gasteiger partial charge in [-0.05, 0) is 73.7 Å². The summed E-state index contributed by atoms with van der Waals surface area (Å²) >= 11 is 0. The number of ether oxygens (including phenoxy) is 3. The van der Waals surface area contributed by atoms with E-state index in [1.165, 1.54) is 18.2 Å². The smallest absolute Gasteiger partial charge is 0.244 e. The predicted molar refractivity (Wildman–Crippen MR) is 128 cm³/mol. The highest BCUT2D eigenvalue weighted by Gasteiger charge is 2.20. The van der Waals surface area contributed by atoms with Crippen LogP contribution in [-0.4, -0.2) is 54.3 Å². The average Bonchev–Trinajstić information content (AvgIpc) is 2.77. The number of hydrogen-bond acceptors (Lipinski definition) is 6. The third-order valence-electron chi connectivity index (χ3n) is 5.60. The van der Waals surface area contributed by atoms with E-state index in [-0.39, 0.29) is 17.3 Å². The van der Waals surface area contributed by atoms with Crippen molar-refractivity contribution in [2.24, 2.45) is 0 Å². The van der Waals surface area contributed by atoms with Crippen molar-refractivity contribution in [3.63, 3.8) is 0 Å². The number of methoxy groups -OCH3 is 3. The van der Waals surface area contributed by atoms with Crippen molar-refractivity contribution in [2.45, 2.75) is 37.6 Å². The molecule has 0 saturated heterocycles. The molecule has 0 radical (unpaired) electrons. The summed E-state index contributed by atoms with van der Waals surface area (Å²) in [5.74, 6) is 1.89. The quantitative estimate of drug-likeness (QED) is 0.519. The Bertz CT molecular complexity index is 1010. The van der Waals surface area contributed by atoms with Crippen LogP contribution < -0.4 is 18.9 Å². The van der Waals surface area contributed by atoms with Crippen molar-refractivity contribution in [3.05, 3.63) is 47.0 Å². The first-order valence-corrected chi connectivity index (χ1v) is 12.0. The van der Waals surface area contributed by atoms with Crippen LogP contribution >= 0.6 is 12.4 Å². The maximum Gasteiger partial charge on any atom is 0.244 e. The molecule has 1 aliphatic heterocycles. The Hall–Kier alpha value is -2.00. The number of nitrogens with one attached hydrogen (secondary N) is 1. The van der Waals surface area contributed by atoms with E-state index in [0.29, 0.717) is 12.3 Å². The highest BCUT2D eigenvalue weighted by molar-refractivity contribution is 7.89. The van der Waals surface area contributed by atoms with Crippen molar-refractivity contribution >= 4 is 22.4 Å². The molecule has 7 nitrogen and oxygen atoms in total. The third-order valence-corrected chi connectivity index (χ3v) is 7.10. The van der Waals surface area contributed by atoms with E-state index in [1.807, 2.05) is 6.92 Å². The molecule has 0 aliphatic carbocycles. The highest BCUT2D eigenvalue weighted by Crippen LogP contribution is 2.33. The minimum absolute atomic E-state index is 0. The molecule has 0 amide bonds. The zero-order chi connectivity index (χ0) is 22.4. The Labute approximate surface area is 197 Å². The predicted octanol–water partition coefficient (Wildman–Crippen LogP) is 3.56. The van der Waals surface area contributed by atoms with Gasteiger partial charge in [0, 0.05) is 19.6 Å². The minimum Gasteiger partial charge on any atom is -0.495 e. The van der Waals surface area contributed by atoms with Gasteiger partial charge in [-0.1, -0.05) is 6.07 Å². The molecule has 2 aromatic carbocycles. The molecule has 0 fully saturated rings. The lowest BCUT2D eigenvalue weighted by Gasteiger charge is -2.29. The zero-order valence-corrected chi connectivity index (χ0v) is 20.8. The van der Waals surface area contributed by atoms with E-state index in [0.717, 1.165) is 56.0 Å². The van der Waals surface area contributed by atoms with Crippen molar-refractivity contribution in [2.75, 3.05) is 41.0 Å². The third kappa shape index (κ3) is 6.28. The Kier molecular flexibility index (Phi) is 9.64. The molecule has 1 heterocycles. The molecule has 1 aliphatic rings. The Morgan fingerprint density at radius 1 is 0.938 bits per heavy atom. The maximum absolute atomic E-state index is 12.6. The number of nitrogens with zero attached hydrogens (tertiary/aromatic N) is 1. The number of benzene rings is 2. The lowest BCUT2D eigenvalue weighted by atomic mass is 9.98. The SMILES string of the molecule is COc1cc2c(cc1OC)CN(CCCCNS(=O)(=O)c1ccc(C)cc1OC)CC2.Cl. The summed E-state index contributed by atoms with van der Waals surface area (Å²) in [5, 5.41) is 0. The number of halogens is 1. The van der Waals surface area contributed by atoms with Crippen LogP contribution in [0.15, 0.2) is 35.2 Å². The van der Waals surface area contributed by atoms with Gasteiger partial charge in [0.2, 0.25) is 10.0 Å². The van der Waals surface area contributed by atoms with Crippen molar-refractivity contribution < 1.29 is 22.6 Å². The second-order valence-corrected chi connectivity index (χ2v) is 9.50. The first kappa shape index (κ1) is 26.3. The van der Waals surface area contributed by atoms with Gasteiger partial charge in [-0.25, -0.2) is 13.1 Å². The number of rotatable bonds is 10. The van der Waals surface area contributed by atoms with Gasteiger partial charge in [-0.3, -0.25) is 4.90 Å². The summed E-state index contributed by atoms with van der Waals surface area (Å²) in [6.45, 7) is 5.06. The first-order valence-electron chi connectivity index (χ1n) is 10.5. The molecule has 2 aromatic rings. The number of sulfonamides is 1. The molecule has 0 aromatic heterocycles. The van der Waals surface area contributed by atoms with Crippen LogP contribution in [0.5, 0.6) is 17.2 Å². The van der Waals surface area contributed by atoms with E-state index in [4.69, 9.17) is 14.2 Å². The number of hydrogen-bond donors (Lipinski definition) is 1. The van der Waals surface area contributed by atoms with E-state index in [1.54, 1.807) is 32.4 Å². The lowest BCUT2D eigenvalue weighted by Crippen LogP contribution is -2.32. The van der Waals surface area contributed by atoms with Gasteiger partial charge in [0.25, 0.3) is 0 Å². The highest BCUT2D eigenvalue weighted by atomic mass is 35.5. The summed E-state index contributed by atoms with van der Waals surface area (Å²) in [5.41, 5.74) is 3.51. The molecule has 9 heteroatoms. The average molecular weight is 485 g/mol. The van der Waals surface area contributed by atoms with E-state index in [2.05, 4.69) is 21.8 Å². The normalized spacial score (nSPS) is 13.8. The Morgan fingerprint density at radius 2 is 1.59 bits per heavy atom. The van der Waals surface area contributed by atoms with Gasteiger partial charge < -0.3 is 14.2 Å². The summed E-state index contributed by atoms with van der Waals surface area (Å²) in [6, 6.07) is 9.22. The van der Waals surface area contributed by atoms with Crippen LogP contribution in [-0.2, 0) is 23.0 Å². The molecule has 32 heavy (non-hydrogen) atoms. The molecule has 178 valence electrons. The molecule has 0 atom stereocenters. The number of unbranched alkanes of at least 4 members (excludes halogenated alkanes) is 1. The summed E-state index contributed by atoms with van der Waals surface area (Å²) < 4.78 is 44.0. The second kappa shape index (κ2) is 11.7. The van der Waals surface area contributed by atoms with Crippen molar-refractivity contribution in [1.29, 1.82) is 0 Å². The monoisotopic (exact) mass is 484 g/mol. The van der Waals surface area contributed by atoms with Crippen LogP contribution in [0.4, 0.5) is 0 Å². The Morgan fingerprint density at radius 3 is 2.25 bits per heavy atom. The van der Waals surface area contributed by atoms with Crippen LogP contribution in [0.1, 0.15) is 29.5 Å². The van der Waals surface area contributed by atoms with Crippen molar-refractivity contribution in [1.82, 2.24) is 9.62 Å². The second-order valence-electron chi connectivity index (χ2n) is 7.76. The molecule has 0 bridgehead atoms. The fourth-order valence-corrected chi connectivity index (χ4v) is 5.10. The number of fused-ring (bicyclic) bond motifs is 1. The summed E-state index contributed by atoms with van der Waals surface area (Å²) in [6.07, 6.45) is 2.65. The topological polar surface area (TPSA) is 77.1 Å². The van der Waals surface area contributed by atoms with Crippen LogP contribution in [0, 0.1) is 6.92 Å². The van der Waals surface area contributed by atoms with E-state index in [9.17, 15) is 8.42 Å². The molecule has 1 N–H and O–H groups in total. The van der Waals surface area contributed by atoms with Crippen molar-refractivity contribution in [3.8, 4) is 17.2 Å². The van der Waals surface area contributed by atoms with Gasteiger partial charge >= 0.3 is 0 Å². The fraction of sp³-hybridized carbons (Fsp3) is 0.478.